The highest BCUT2D eigenvalue weighted by atomic mass is 16.5. The van der Waals surface area contributed by atoms with Gasteiger partial charge >= 0.3 is 0 Å². The number of rotatable bonds is 10. The molecule has 2 aromatic rings. The van der Waals surface area contributed by atoms with Gasteiger partial charge in [0.1, 0.15) is 6.10 Å². The van der Waals surface area contributed by atoms with Crippen molar-refractivity contribution in [1.82, 2.24) is 0 Å². The van der Waals surface area contributed by atoms with Crippen molar-refractivity contribution in [2.75, 3.05) is 13.7 Å². The first-order chi connectivity index (χ1) is 15.6. The Balaban J connectivity index is 0.00000176. The van der Waals surface area contributed by atoms with E-state index in [9.17, 15) is 0 Å². The molecule has 0 aromatic heterocycles. The molecule has 172 valence electrons. The van der Waals surface area contributed by atoms with Crippen molar-refractivity contribution in [2.24, 2.45) is 5.73 Å². The number of methoxy groups -OCH3 is 1. The summed E-state index contributed by atoms with van der Waals surface area (Å²) < 4.78 is 11.2. The first kappa shape index (κ1) is 25.5. The quantitative estimate of drug-likeness (QED) is 0.418. The maximum Gasteiger partial charge on any atom is 0.110 e. The monoisotopic (exact) mass is 433 g/mol. The average Bonchev–Trinajstić information content (AvgIpc) is 2.86. The fraction of sp³-hybridized carbons (Fsp3) is 0.379. The fourth-order valence-electron chi connectivity index (χ4n) is 4.45. The molecule has 0 spiro atoms. The van der Waals surface area contributed by atoms with Crippen LogP contribution in [0.5, 0.6) is 0 Å². The maximum absolute atomic E-state index is 5.99. The summed E-state index contributed by atoms with van der Waals surface area (Å²) >= 11 is 0. The molecule has 0 heterocycles. The molecule has 32 heavy (non-hydrogen) atoms. The van der Waals surface area contributed by atoms with Gasteiger partial charge in [0.05, 0.1) is 19.1 Å². The van der Waals surface area contributed by atoms with E-state index in [1.54, 1.807) is 7.11 Å². The molecule has 0 saturated heterocycles. The predicted molar refractivity (Wildman–Crippen MR) is 136 cm³/mol. The molecule has 0 bridgehead atoms. The summed E-state index contributed by atoms with van der Waals surface area (Å²) in [6.45, 7) is 10.3. The molecular weight excluding hydrogens is 394 g/mol. The lowest BCUT2D eigenvalue weighted by atomic mass is 9.64. The zero-order valence-electron chi connectivity index (χ0n) is 20.1. The molecule has 2 N–H and O–H groups in total. The van der Waals surface area contributed by atoms with E-state index in [1.165, 1.54) is 28.5 Å². The second kappa shape index (κ2) is 12.9. The summed E-state index contributed by atoms with van der Waals surface area (Å²) in [4.78, 5) is 0. The Morgan fingerprint density at radius 2 is 1.66 bits per heavy atom. The standard InChI is InChI=1S/C27H33NO2.C2H6/c1-4-30-26(20-28)18-19-27(22-8-6-5-7-9-22,23-12-10-21(2)11-13-23)24-14-16-25(29-3)17-15-24;1-2/h4-14,16,26H,1,15,17-20,28H2,2-3H3;1-2H3. The smallest absolute Gasteiger partial charge is 0.110 e. The third-order valence-corrected chi connectivity index (χ3v) is 6.13. The Bertz CT molecular complexity index is 883. The molecular formula is C29H39NO2. The lowest BCUT2D eigenvalue weighted by Crippen LogP contribution is -2.34. The molecule has 1 aliphatic carbocycles. The van der Waals surface area contributed by atoms with Crippen LogP contribution in [-0.2, 0) is 14.9 Å². The van der Waals surface area contributed by atoms with Crippen molar-refractivity contribution in [3.63, 3.8) is 0 Å². The molecule has 2 unspecified atom stereocenters. The van der Waals surface area contributed by atoms with Gasteiger partial charge in [-0.05, 0) is 43.4 Å². The topological polar surface area (TPSA) is 44.5 Å². The molecule has 3 rings (SSSR count). The Kier molecular flexibility index (Phi) is 10.3. The molecule has 0 fully saturated rings. The average molecular weight is 434 g/mol. The molecule has 3 nitrogen and oxygen atoms in total. The van der Waals surface area contributed by atoms with Crippen LogP contribution in [0.15, 0.2) is 90.9 Å². The minimum absolute atomic E-state index is 0.0506. The summed E-state index contributed by atoms with van der Waals surface area (Å²) in [6.07, 6.45) is 9.42. The second-order valence-electron chi connectivity index (χ2n) is 7.87. The lowest BCUT2D eigenvalue weighted by Gasteiger charge is -2.40. The molecule has 0 aliphatic heterocycles. The number of allylic oxidation sites excluding steroid dienone is 4. The molecule has 2 atom stereocenters. The van der Waals surface area contributed by atoms with Gasteiger partial charge in [-0.3, -0.25) is 0 Å². The van der Waals surface area contributed by atoms with Crippen molar-refractivity contribution in [3.05, 3.63) is 108 Å². The number of hydrogen-bond acceptors (Lipinski definition) is 3. The van der Waals surface area contributed by atoms with Crippen LogP contribution in [0, 0.1) is 6.92 Å². The van der Waals surface area contributed by atoms with Crippen LogP contribution in [0.4, 0.5) is 0 Å². The van der Waals surface area contributed by atoms with E-state index in [1.807, 2.05) is 13.8 Å². The van der Waals surface area contributed by atoms with Crippen molar-refractivity contribution in [1.29, 1.82) is 0 Å². The van der Waals surface area contributed by atoms with Gasteiger partial charge in [0.2, 0.25) is 0 Å². The van der Waals surface area contributed by atoms with Crippen LogP contribution in [-0.4, -0.2) is 19.8 Å². The Morgan fingerprint density at radius 3 is 2.19 bits per heavy atom. The van der Waals surface area contributed by atoms with Crippen molar-refractivity contribution in [3.8, 4) is 0 Å². The summed E-state index contributed by atoms with van der Waals surface area (Å²) in [5.74, 6) is 1.03. The van der Waals surface area contributed by atoms with E-state index in [0.717, 1.165) is 31.4 Å². The van der Waals surface area contributed by atoms with E-state index < -0.39 is 0 Å². The maximum atomic E-state index is 5.99. The first-order valence-corrected chi connectivity index (χ1v) is 11.7. The Morgan fingerprint density at radius 1 is 1.00 bits per heavy atom. The van der Waals surface area contributed by atoms with Crippen LogP contribution in [0.2, 0.25) is 0 Å². The van der Waals surface area contributed by atoms with Crippen LogP contribution >= 0.6 is 0 Å². The summed E-state index contributed by atoms with van der Waals surface area (Å²) in [7, 11) is 1.74. The van der Waals surface area contributed by atoms with E-state index in [2.05, 4.69) is 80.3 Å². The predicted octanol–water partition coefficient (Wildman–Crippen LogP) is 6.83. The number of benzene rings is 2. The number of ether oxygens (including phenoxy) is 2. The van der Waals surface area contributed by atoms with Crippen LogP contribution in [0.1, 0.15) is 56.2 Å². The van der Waals surface area contributed by atoms with Gasteiger partial charge in [0.15, 0.2) is 0 Å². The largest absolute Gasteiger partial charge is 0.501 e. The van der Waals surface area contributed by atoms with Crippen LogP contribution < -0.4 is 5.73 Å². The van der Waals surface area contributed by atoms with Crippen LogP contribution in [0.25, 0.3) is 0 Å². The van der Waals surface area contributed by atoms with E-state index >= 15 is 0 Å². The van der Waals surface area contributed by atoms with Gasteiger partial charge in [0.25, 0.3) is 0 Å². The molecule has 3 heteroatoms. The number of nitrogens with two attached hydrogens (primary N) is 1. The second-order valence-corrected chi connectivity index (χ2v) is 7.87. The van der Waals surface area contributed by atoms with E-state index in [4.69, 9.17) is 15.2 Å². The van der Waals surface area contributed by atoms with Crippen molar-refractivity contribution >= 4 is 0 Å². The van der Waals surface area contributed by atoms with E-state index in [0.29, 0.717) is 6.54 Å². The lowest BCUT2D eigenvalue weighted by molar-refractivity contribution is 0.136. The molecule has 0 amide bonds. The number of aryl methyl sites for hydroxylation is 1. The molecule has 0 radical (unpaired) electrons. The summed E-state index contributed by atoms with van der Waals surface area (Å²) in [6, 6.07) is 19.7. The Hall–Kier alpha value is -2.78. The molecule has 0 saturated carbocycles. The third-order valence-electron chi connectivity index (χ3n) is 6.13. The third kappa shape index (κ3) is 5.92. The van der Waals surface area contributed by atoms with Crippen molar-refractivity contribution < 1.29 is 9.47 Å². The molecule has 2 aromatic carbocycles. The minimum atomic E-state index is -0.247. The first-order valence-electron chi connectivity index (χ1n) is 11.7. The van der Waals surface area contributed by atoms with Crippen LogP contribution in [0.3, 0.4) is 0 Å². The van der Waals surface area contributed by atoms with Gasteiger partial charge in [-0.2, -0.15) is 0 Å². The highest BCUT2D eigenvalue weighted by molar-refractivity contribution is 5.51. The minimum Gasteiger partial charge on any atom is -0.501 e. The highest BCUT2D eigenvalue weighted by Crippen LogP contribution is 2.46. The number of hydrogen-bond donors (Lipinski definition) is 1. The van der Waals surface area contributed by atoms with E-state index in [-0.39, 0.29) is 11.5 Å². The zero-order valence-corrected chi connectivity index (χ0v) is 20.1. The Labute approximate surface area is 194 Å². The van der Waals surface area contributed by atoms with Gasteiger partial charge in [-0.25, -0.2) is 0 Å². The van der Waals surface area contributed by atoms with Gasteiger partial charge < -0.3 is 15.2 Å². The van der Waals surface area contributed by atoms with Gasteiger partial charge in [-0.1, -0.05) is 92.2 Å². The van der Waals surface area contributed by atoms with Gasteiger partial charge in [0, 0.05) is 18.4 Å². The molecule has 1 aliphatic rings. The highest BCUT2D eigenvalue weighted by Gasteiger charge is 2.38. The summed E-state index contributed by atoms with van der Waals surface area (Å²) in [5, 5.41) is 0. The fourth-order valence-corrected chi connectivity index (χ4v) is 4.45. The SMILES string of the molecule is C=COC(CN)CCC(C1=CC=C(OC)CC1)(c1ccccc1)c1ccc(C)cc1.CC. The normalized spacial score (nSPS) is 15.8. The zero-order chi connectivity index (χ0) is 23.4. The van der Waals surface area contributed by atoms with Crippen molar-refractivity contribution in [2.45, 2.75) is 58.0 Å². The summed E-state index contributed by atoms with van der Waals surface area (Å²) in [5.41, 5.74) is 11.0. The van der Waals surface area contributed by atoms with Gasteiger partial charge in [-0.15, -0.1) is 0 Å².